The topological polar surface area (TPSA) is 70.0 Å². The number of benzene rings is 2. The number of hydrogen-bond acceptors (Lipinski definition) is 4. The molecule has 0 unspecified atom stereocenters. The van der Waals surface area contributed by atoms with Crippen molar-refractivity contribution in [3.05, 3.63) is 59.2 Å². The van der Waals surface area contributed by atoms with Crippen LogP contribution in [0.2, 0.25) is 0 Å². The fourth-order valence-electron chi connectivity index (χ4n) is 2.52. The lowest BCUT2D eigenvalue weighted by molar-refractivity contribution is 0.0303. The molecule has 1 saturated heterocycles. The second-order valence-electron chi connectivity index (χ2n) is 5.61. The molecule has 3 rings (SSSR count). The first-order valence-corrected chi connectivity index (χ1v) is 7.80. The van der Waals surface area contributed by atoms with Crippen LogP contribution in [0.25, 0.3) is 12.2 Å². The van der Waals surface area contributed by atoms with Gasteiger partial charge in [-0.05, 0) is 35.4 Å². The number of carbonyl (C=O) groups is 1. The predicted octanol–water partition coefficient (Wildman–Crippen LogP) is 2.74. The summed E-state index contributed by atoms with van der Waals surface area (Å²) in [5.41, 5.74) is 2.39. The van der Waals surface area contributed by atoms with Gasteiger partial charge in [0.15, 0.2) is 11.5 Å². The highest BCUT2D eigenvalue weighted by Crippen LogP contribution is 2.25. The Morgan fingerprint density at radius 2 is 1.54 bits per heavy atom. The van der Waals surface area contributed by atoms with E-state index < -0.39 is 0 Å². The number of nitrogens with zero attached hydrogens (tertiary/aromatic N) is 1. The van der Waals surface area contributed by atoms with Crippen LogP contribution in [0.4, 0.5) is 0 Å². The number of amides is 1. The second-order valence-corrected chi connectivity index (χ2v) is 5.61. The summed E-state index contributed by atoms with van der Waals surface area (Å²) in [6, 6.07) is 12.0. The number of rotatable bonds is 3. The minimum Gasteiger partial charge on any atom is -0.504 e. The van der Waals surface area contributed by atoms with E-state index in [4.69, 9.17) is 4.74 Å². The van der Waals surface area contributed by atoms with Gasteiger partial charge in [0.2, 0.25) is 0 Å². The Morgan fingerprint density at radius 1 is 0.917 bits per heavy atom. The number of phenols is 2. The maximum atomic E-state index is 12.4. The normalized spacial score (nSPS) is 14.9. The van der Waals surface area contributed by atoms with E-state index in [1.165, 1.54) is 12.1 Å². The molecule has 1 heterocycles. The Morgan fingerprint density at radius 3 is 2.21 bits per heavy atom. The predicted molar refractivity (Wildman–Crippen MR) is 91.9 cm³/mol. The van der Waals surface area contributed by atoms with Gasteiger partial charge < -0.3 is 19.8 Å². The van der Waals surface area contributed by atoms with Gasteiger partial charge in [0, 0.05) is 18.7 Å². The molecule has 0 saturated carbocycles. The monoisotopic (exact) mass is 325 g/mol. The highest BCUT2D eigenvalue weighted by atomic mass is 16.5. The third-order valence-electron chi connectivity index (χ3n) is 3.92. The van der Waals surface area contributed by atoms with Gasteiger partial charge in [-0.25, -0.2) is 0 Å². The molecular weight excluding hydrogens is 306 g/mol. The lowest BCUT2D eigenvalue weighted by atomic mass is 10.1. The number of carbonyl (C=O) groups excluding carboxylic acids is 1. The molecule has 2 aromatic carbocycles. The van der Waals surface area contributed by atoms with Gasteiger partial charge in [-0.2, -0.15) is 0 Å². The fraction of sp³-hybridized carbons (Fsp3) is 0.211. The van der Waals surface area contributed by atoms with E-state index in [1.54, 1.807) is 11.0 Å². The molecule has 1 aliphatic rings. The van der Waals surface area contributed by atoms with Crippen LogP contribution in [0.15, 0.2) is 42.5 Å². The molecule has 0 atom stereocenters. The molecule has 2 N–H and O–H groups in total. The second kappa shape index (κ2) is 7.19. The molecule has 5 heteroatoms. The van der Waals surface area contributed by atoms with Crippen molar-refractivity contribution in [1.29, 1.82) is 0 Å². The number of aromatic hydroxyl groups is 2. The highest BCUT2D eigenvalue weighted by molar-refractivity contribution is 5.94. The van der Waals surface area contributed by atoms with Gasteiger partial charge in [-0.15, -0.1) is 0 Å². The summed E-state index contributed by atoms with van der Waals surface area (Å²) in [6.45, 7) is 2.44. The molecule has 5 nitrogen and oxygen atoms in total. The van der Waals surface area contributed by atoms with E-state index >= 15 is 0 Å². The Bertz CT molecular complexity index is 746. The zero-order chi connectivity index (χ0) is 16.9. The van der Waals surface area contributed by atoms with Gasteiger partial charge in [-0.1, -0.05) is 30.4 Å². The molecule has 0 aliphatic carbocycles. The van der Waals surface area contributed by atoms with Crippen LogP contribution in [0.5, 0.6) is 11.5 Å². The van der Waals surface area contributed by atoms with Crippen molar-refractivity contribution in [2.24, 2.45) is 0 Å². The smallest absolute Gasteiger partial charge is 0.254 e. The van der Waals surface area contributed by atoms with Crippen LogP contribution in [-0.4, -0.2) is 47.3 Å². The van der Waals surface area contributed by atoms with Gasteiger partial charge in [0.05, 0.1) is 13.2 Å². The summed E-state index contributed by atoms with van der Waals surface area (Å²) >= 11 is 0. The first-order chi connectivity index (χ1) is 11.6. The summed E-state index contributed by atoms with van der Waals surface area (Å²) in [5, 5.41) is 18.8. The average Bonchev–Trinajstić information content (AvgIpc) is 2.63. The van der Waals surface area contributed by atoms with Crippen molar-refractivity contribution in [3.63, 3.8) is 0 Å². The zero-order valence-corrected chi connectivity index (χ0v) is 13.2. The molecule has 0 spiro atoms. The van der Waals surface area contributed by atoms with Crippen LogP contribution in [-0.2, 0) is 4.74 Å². The average molecular weight is 325 g/mol. The molecule has 0 bridgehead atoms. The largest absolute Gasteiger partial charge is 0.504 e. The number of ether oxygens (including phenoxy) is 1. The van der Waals surface area contributed by atoms with E-state index in [2.05, 4.69) is 0 Å². The molecular formula is C19H19NO4. The fourth-order valence-corrected chi connectivity index (χ4v) is 2.52. The Kier molecular flexibility index (Phi) is 4.82. The van der Waals surface area contributed by atoms with Crippen molar-refractivity contribution >= 4 is 18.1 Å². The van der Waals surface area contributed by atoms with Gasteiger partial charge in [0.1, 0.15) is 0 Å². The zero-order valence-electron chi connectivity index (χ0n) is 13.2. The van der Waals surface area contributed by atoms with E-state index in [-0.39, 0.29) is 17.4 Å². The van der Waals surface area contributed by atoms with Crippen LogP contribution >= 0.6 is 0 Å². The van der Waals surface area contributed by atoms with Crippen molar-refractivity contribution in [1.82, 2.24) is 4.90 Å². The SMILES string of the molecule is O=C(c1ccc(/C=C/c2ccc(O)c(O)c2)cc1)N1CCOCC1. The van der Waals surface area contributed by atoms with Crippen LogP contribution in [0.1, 0.15) is 21.5 Å². The highest BCUT2D eigenvalue weighted by Gasteiger charge is 2.17. The standard InChI is InChI=1S/C19H19NO4/c21-17-8-5-15(13-18(17)22)2-1-14-3-6-16(7-4-14)19(23)20-9-11-24-12-10-20/h1-8,13,21-22H,9-12H2/b2-1+. The molecule has 2 aromatic rings. The summed E-state index contributed by atoms with van der Waals surface area (Å²) in [7, 11) is 0. The van der Waals surface area contributed by atoms with E-state index in [0.717, 1.165) is 11.1 Å². The van der Waals surface area contributed by atoms with Gasteiger partial charge in [-0.3, -0.25) is 4.79 Å². The van der Waals surface area contributed by atoms with Crippen LogP contribution < -0.4 is 0 Å². The van der Waals surface area contributed by atoms with Gasteiger partial charge in [0.25, 0.3) is 5.91 Å². The number of morpholine rings is 1. The first kappa shape index (κ1) is 16.1. The summed E-state index contributed by atoms with van der Waals surface area (Å²) in [6.07, 6.45) is 3.72. The Labute approximate surface area is 140 Å². The van der Waals surface area contributed by atoms with Gasteiger partial charge >= 0.3 is 0 Å². The molecule has 1 fully saturated rings. The van der Waals surface area contributed by atoms with E-state index in [0.29, 0.717) is 31.9 Å². The summed E-state index contributed by atoms with van der Waals surface area (Å²) < 4.78 is 5.26. The van der Waals surface area contributed by atoms with E-state index in [9.17, 15) is 15.0 Å². The third-order valence-corrected chi connectivity index (χ3v) is 3.92. The Hall–Kier alpha value is -2.79. The lowest BCUT2D eigenvalue weighted by Gasteiger charge is -2.26. The Balaban J connectivity index is 1.68. The minimum absolute atomic E-state index is 0.0253. The molecule has 24 heavy (non-hydrogen) atoms. The molecule has 1 aliphatic heterocycles. The number of hydrogen-bond donors (Lipinski definition) is 2. The summed E-state index contributed by atoms with van der Waals surface area (Å²) in [4.78, 5) is 14.2. The lowest BCUT2D eigenvalue weighted by Crippen LogP contribution is -2.40. The minimum atomic E-state index is -0.149. The van der Waals surface area contributed by atoms with Crippen LogP contribution in [0, 0.1) is 0 Å². The molecule has 1 amide bonds. The van der Waals surface area contributed by atoms with Crippen molar-refractivity contribution in [2.75, 3.05) is 26.3 Å². The quantitative estimate of drug-likeness (QED) is 0.672. The third kappa shape index (κ3) is 3.75. The molecule has 0 radical (unpaired) electrons. The maximum absolute atomic E-state index is 12.4. The first-order valence-electron chi connectivity index (χ1n) is 7.80. The van der Waals surface area contributed by atoms with E-state index in [1.807, 2.05) is 36.4 Å². The number of phenolic OH excluding ortho intramolecular Hbond substituents is 2. The summed E-state index contributed by atoms with van der Waals surface area (Å²) in [5.74, 6) is -0.265. The van der Waals surface area contributed by atoms with Crippen LogP contribution in [0.3, 0.4) is 0 Å². The molecule has 0 aromatic heterocycles. The van der Waals surface area contributed by atoms with Crippen molar-refractivity contribution in [3.8, 4) is 11.5 Å². The van der Waals surface area contributed by atoms with Crippen molar-refractivity contribution in [2.45, 2.75) is 0 Å². The molecule has 124 valence electrons. The maximum Gasteiger partial charge on any atom is 0.254 e. The van der Waals surface area contributed by atoms with Crippen molar-refractivity contribution < 1.29 is 19.7 Å².